The summed E-state index contributed by atoms with van der Waals surface area (Å²) >= 11 is 0. The first-order valence-electron chi connectivity index (χ1n) is 4.57. The second-order valence-corrected chi connectivity index (χ2v) is 4.67. The third-order valence-electron chi connectivity index (χ3n) is 4.19. The van der Waals surface area contributed by atoms with E-state index < -0.39 is 11.2 Å². The normalized spacial score (nSPS) is 48.5. The van der Waals surface area contributed by atoms with Crippen LogP contribution in [0.1, 0.15) is 38.5 Å². The average Bonchev–Trinajstić information content (AvgIpc) is 2.75. The van der Waals surface area contributed by atoms with Crippen LogP contribution in [0.15, 0.2) is 0 Å². The summed E-state index contributed by atoms with van der Waals surface area (Å²) in [7, 11) is 0. The van der Waals surface area contributed by atoms with Gasteiger partial charge in [0.1, 0.15) is 0 Å². The lowest BCUT2D eigenvalue weighted by Crippen LogP contribution is -2.59. The maximum absolute atomic E-state index is 10.1. The first-order chi connectivity index (χ1) is 5.12. The molecule has 0 aliphatic heterocycles. The Labute approximate surface area is 66.2 Å². The molecule has 0 heterocycles. The molecule has 1 atom stereocenters. The molecule has 2 N–H and O–H groups in total. The lowest BCUT2D eigenvalue weighted by molar-refractivity contribution is -0.196. The van der Waals surface area contributed by atoms with Gasteiger partial charge in [-0.25, -0.2) is 0 Å². The zero-order valence-electron chi connectivity index (χ0n) is 6.64. The molecule has 1 spiro atoms. The highest BCUT2D eigenvalue weighted by Gasteiger charge is 2.75. The van der Waals surface area contributed by atoms with E-state index in [9.17, 15) is 10.2 Å². The molecule has 3 saturated carbocycles. The Morgan fingerprint density at radius 1 is 0.727 bits per heavy atom. The van der Waals surface area contributed by atoms with Crippen LogP contribution in [0.4, 0.5) is 0 Å². The number of hydrogen-bond donors (Lipinski definition) is 2. The second kappa shape index (κ2) is 1.38. The minimum atomic E-state index is -0.667. The van der Waals surface area contributed by atoms with Gasteiger partial charge in [-0.1, -0.05) is 0 Å². The van der Waals surface area contributed by atoms with Gasteiger partial charge in [0.25, 0.3) is 0 Å². The Hall–Kier alpha value is -0.0800. The van der Waals surface area contributed by atoms with Crippen molar-refractivity contribution in [2.24, 2.45) is 5.41 Å². The number of rotatable bonds is 1. The number of hydrogen-bond acceptors (Lipinski definition) is 2. The zero-order chi connectivity index (χ0) is 7.74. The van der Waals surface area contributed by atoms with Gasteiger partial charge >= 0.3 is 0 Å². The SMILES string of the molecule is OC1(C2(O)CCC23CC3)CC1. The summed E-state index contributed by atoms with van der Waals surface area (Å²) in [6, 6.07) is 0. The highest BCUT2D eigenvalue weighted by atomic mass is 16.4. The topological polar surface area (TPSA) is 40.5 Å². The van der Waals surface area contributed by atoms with Gasteiger partial charge in [0.2, 0.25) is 0 Å². The summed E-state index contributed by atoms with van der Waals surface area (Å²) in [4.78, 5) is 0. The molecule has 3 aliphatic carbocycles. The molecule has 0 radical (unpaired) electrons. The van der Waals surface area contributed by atoms with E-state index in [-0.39, 0.29) is 5.41 Å². The van der Waals surface area contributed by atoms with Crippen molar-refractivity contribution >= 4 is 0 Å². The van der Waals surface area contributed by atoms with Crippen LogP contribution in [0.2, 0.25) is 0 Å². The van der Waals surface area contributed by atoms with Crippen molar-refractivity contribution in [3.63, 3.8) is 0 Å². The monoisotopic (exact) mass is 154 g/mol. The molecule has 3 aliphatic rings. The first-order valence-corrected chi connectivity index (χ1v) is 4.57. The highest BCUT2D eigenvalue weighted by Crippen LogP contribution is 2.73. The maximum atomic E-state index is 10.1. The molecule has 0 saturated heterocycles. The van der Waals surface area contributed by atoms with E-state index >= 15 is 0 Å². The minimum absolute atomic E-state index is 0.179. The Balaban J connectivity index is 1.94. The van der Waals surface area contributed by atoms with Gasteiger partial charge < -0.3 is 10.2 Å². The van der Waals surface area contributed by atoms with Crippen molar-refractivity contribution in [1.82, 2.24) is 0 Å². The molecule has 3 fully saturated rings. The van der Waals surface area contributed by atoms with E-state index in [2.05, 4.69) is 0 Å². The molecular formula is C9H14O2. The summed E-state index contributed by atoms with van der Waals surface area (Å²) in [5.41, 5.74) is -1.15. The molecule has 62 valence electrons. The third kappa shape index (κ3) is 0.510. The third-order valence-corrected chi connectivity index (χ3v) is 4.19. The van der Waals surface area contributed by atoms with Crippen LogP contribution >= 0.6 is 0 Å². The fraction of sp³-hybridized carbons (Fsp3) is 1.00. The van der Waals surface area contributed by atoms with Crippen molar-refractivity contribution in [2.75, 3.05) is 0 Å². The second-order valence-electron chi connectivity index (χ2n) is 4.67. The van der Waals surface area contributed by atoms with Crippen molar-refractivity contribution in [3.8, 4) is 0 Å². The van der Waals surface area contributed by atoms with Crippen LogP contribution in [0, 0.1) is 5.41 Å². The first kappa shape index (κ1) is 6.44. The van der Waals surface area contributed by atoms with E-state index in [0.29, 0.717) is 0 Å². The highest BCUT2D eigenvalue weighted by molar-refractivity contribution is 5.27. The summed E-state index contributed by atoms with van der Waals surface area (Å²) in [6.45, 7) is 0. The standard InChI is InChI=1S/C9H14O2/c10-8(4-5-8)9(11)6-3-7(9)1-2-7/h10-11H,1-6H2. The molecule has 0 bridgehead atoms. The molecule has 2 heteroatoms. The number of aliphatic hydroxyl groups is 2. The molecule has 3 rings (SSSR count). The lowest BCUT2D eigenvalue weighted by Gasteiger charge is -2.50. The van der Waals surface area contributed by atoms with Gasteiger partial charge in [-0.05, 0) is 38.5 Å². The quantitative estimate of drug-likeness (QED) is 0.587. The van der Waals surface area contributed by atoms with Crippen LogP contribution < -0.4 is 0 Å². The van der Waals surface area contributed by atoms with Crippen LogP contribution in [0.3, 0.4) is 0 Å². The molecule has 0 amide bonds. The van der Waals surface area contributed by atoms with Crippen LogP contribution in [0.25, 0.3) is 0 Å². The van der Waals surface area contributed by atoms with Gasteiger partial charge in [-0.2, -0.15) is 0 Å². The summed E-state index contributed by atoms with van der Waals surface area (Å²) in [5, 5.41) is 20.0. The van der Waals surface area contributed by atoms with Crippen molar-refractivity contribution < 1.29 is 10.2 Å². The van der Waals surface area contributed by atoms with E-state index in [1.807, 2.05) is 0 Å². The van der Waals surface area contributed by atoms with Gasteiger partial charge in [0, 0.05) is 5.41 Å². The van der Waals surface area contributed by atoms with Gasteiger partial charge in [-0.15, -0.1) is 0 Å². The van der Waals surface area contributed by atoms with E-state index in [4.69, 9.17) is 0 Å². The fourth-order valence-electron chi connectivity index (χ4n) is 2.79. The lowest BCUT2D eigenvalue weighted by atomic mass is 9.62. The molecule has 0 aromatic carbocycles. The van der Waals surface area contributed by atoms with E-state index in [1.165, 1.54) is 0 Å². The summed E-state index contributed by atoms with van der Waals surface area (Å²) in [5.74, 6) is 0. The predicted molar refractivity (Wildman–Crippen MR) is 40.0 cm³/mol. The minimum Gasteiger partial charge on any atom is -0.387 e. The molecular weight excluding hydrogens is 140 g/mol. The van der Waals surface area contributed by atoms with Crippen molar-refractivity contribution in [3.05, 3.63) is 0 Å². The molecule has 1 unspecified atom stereocenters. The smallest absolute Gasteiger partial charge is 0.0989 e. The van der Waals surface area contributed by atoms with Gasteiger partial charge in [-0.3, -0.25) is 0 Å². The Morgan fingerprint density at radius 3 is 1.55 bits per heavy atom. The average molecular weight is 154 g/mol. The molecule has 2 nitrogen and oxygen atoms in total. The zero-order valence-corrected chi connectivity index (χ0v) is 6.64. The maximum Gasteiger partial charge on any atom is 0.0989 e. The van der Waals surface area contributed by atoms with Gasteiger partial charge in [0.15, 0.2) is 0 Å². The molecule has 11 heavy (non-hydrogen) atoms. The fourth-order valence-corrected chi connectivity index (χ4v) is 2.79. The summed E-state index contributed by atoms with van der Waals surface area (Å²) in [6.07, 6.45) is 5.92. The van der Waals surface area contributed by atoms with Crippen LogP contribution in [-0.4, -0.2) is 21.4 Å². The van der Waals surface area contributed by atoms with Crippen molar-refractivity contribution in [2.45, 2.75) is 49.7 Å². The molecule has 0 aromatic rings. The van der Waals surface area contributed by atoms with E-state index in [1.54, 1.807) is 0 Å². The Kier molecular flexibility index (Phi) is 0.807. The van der Waals surface area contributed by atoms with Crippen LogP contribution in [-0.2, 0) is 0 Å². The Bertz CT molecular complexity index is 202. The van der Waals surface area contributed by atoms with Crippen LogP contribution in [0.5, 0.6) is 0 Å². The molecule has 0 aromatic heterocycles. The van der Waals surface area contributed by atoms with E-state index in [0.717, 1.165) is 38.5 Å². The summed E-state index contributed by atoms with van der Waals surface area (Å²) < 4.78 is 0. The van der Waals surface area contributed by atoms with Crippen molar-refractivity contribution in [1.29, 1.82) is 0 Å². The Morgan fingerprint density at radius 2 is 1.27 bits per heavy atom. The predicted octanol–water partition coefficient (Wildman–Crippen LogP) is 0.816. The largest absolute Gasteiger partial charge is 0.387 e. The van der Waals surface area contributed by atoms with Gasteiger partial charge in [0.05, 0.1) is 11.2 Å².